The maximum Gasteiger partial charge on any atom is 0.417 e. The third-order valence-electron chi connectivity index (χ3n) is 6.66. The van der Waals surface area contributed by atoms with Crippen LogP contribution in [0.2, 0.25) is 0 Å². The highest BCUT2D eigenvalue weighted by Gasteiger charge is 2.38. The zero-order valence-electron chi connectivity index (χ0n) is 20.3. The van der Waals surface area contributed by atoms with E-state index >= 15 is 0 Å². The van der Waals surface area contributed by atoms with Crippen LogP contribution in [0.15, 0.2) is 41.2 Å². The van der Waals surface area contributed by atoms with Crippen LogP contribution in [-0.4, -0.2) is 21.6 Å². The van der Waals surface area contributed by atoms with Crippen molar-refractivity contribution in [2.75, 3.05) is 5.75 Å². The van der Waals surface area contributed by atoms with Gasteiger partial charge in [-0.3, -0.25) is 4.79 Å². The second-order valence-electron chi connectivity index (χ2n) is 9.68. The number of carbonyl (C=O) groups excluding carboxylic acids is 1. The fourth-order valence-corrected chi connectivity index (χ4v) is 5.61. The second kappa shape index (κ2) is 10.1. The molecule has 1 atom stereocenters. The molecule has 0 saturated carbocycles. The number of thioether (sulfide) groups is 1. The van der Waals surface area contributed by atoms with E-state index < -0.39 is 11.7 Å². The summed E-state index contributed by atoms with van der Waals surface area (Å²) in [6.07, 6.45) is -1.28. The monoisotopic (exact) mass is 491 g/mol. The summed E-state index contributed by atoms with van der Waals surface area (Å²) in [4.78, 5) is 17.3. The Labute approximate surface area is 203 Å². The van der Waals surface area contributed by atoms with E-state index in [0.717, 1.165) is 47.4 Å². The van der Waals surface area contributed by atoms with E-state index in [0.29, 0.717) is 29.2 Å². The lowest BCUT2D eigenvalue weighted by molar-refractivity contribution is -0.137. The van der Waals surface area contributed by atoms with E-state index in [1.807, 2.05) is 20.8 Å². The summed E-state index contributed by atoms with van der Waals surface area (Å²) in [5.41, 5.74) is 3.54. The number of aromatic nitrogens is 1. The number of nitrogens with zero attached hydrogens (tertiary/aromatic N) is 1. The van der Waals surface area contributed by atoms with Gasteiger partial charge in [-0.2, -0.15) is 13.2 Å². The molecule has 0 radical (unpaired) electrons. The minimum atomic E-state index is -4.41. The Hall–Kier alpha value is -2.28. The van der Waals surface area contributed by atoms with Gasteiger partial charge in [0.15, 0.2) is 5.78 Å². The number of rotatable bonds is 7. The van der Waals surface area contributed by atoms with Gasteiger partial charge in [0.25, 0.3) is 0 Å². The zero-order chi connectivity index (χ0) is 25.3. The number of alkyl halides is 3. The Bertz CT molecular complexity index is 1060. The summed E-state index contributed by atoms with van der Waals surface area (Å²) >= 11 is 1.37. The number of pyridine rings is 1. The highest BCUT2D eigenvalue weighted by molar-refractivity contribution is 7.99. The molecule has 1 unspecified atom stereocenters. The van der Waals surface area contributed by atoms with Crippen LogP contribution in [0.1, 0.15) is 68.4 Å². The molecule has 0 fully saturated rings. The van der Waals surface area contributed by atoms with Crippen LogP contribution in [0.3, 0.4) is 0 Å². The van der Waals surface area contributed by atoms with Crippen molar-refractivity contribution in [2.45, 2.75) is 71.5 Å². The SMILES string of the molecule is CCc1cc(C)cc(CC)c1C1=C(O)CC(C(C)(C)CSc2ccc(C(F)(F)F)cn2)CC1=O. The van der Waals surface area contributed by atoms with Crippen LogP contribution in [0.5, 0.6) is 0 Å². The predicted octanol–water partition coefficient (Wildman–Crippen LogP) is 7.60. The molecule has 1 aliphatic carbocycles. The Morgan fingerprint density at radius 1 is 1.09 bits per heavy atom. The molecule has 1 heterocycles. The van der Waals surface area contributed by atoms with E-state index in [9.17, 15) is 23.1 Å². The number of aryl methyl sites for hydroxylation is 3. The molecule has 0 aliphatic heterocycles. The van der Waals surface area contributed by atoms with Crippen molar-refractivity contribution in [3.8, 4) is 0 Å². The third-order valence-corrected chi connectivity index (χ3v) is 8.08. The number of benzene rings is 1. The Morgan fingerprint density at radius 3 is 2.18 bits per heavy atom. The number of allylic oxidation sites excluding steroid dienone is 2. The maximum absolute atomic E-state index is 13.3. The number of Topliss-reactive ketones (excluding diaryl/α,β-unsaturated/α-hetero) is 1. The highest BCUT2D eigenvalue weighted by atomic mass is 32.2. The molecule has 1 aromatic heterocycles. The first-order valence-electron chi connectivity index (χ1n) is 11.6. The molecule has 0 bridgehead atoms. The number of hydrogen-bond acceptors (Lipinski definition) is 4. The molecule has 2 aromatic rings. The van der Waals surface area contributed by atoms with Gasteiger partial charge >= 0.3 is 6.18 Å². The number of carbonyl (C=O) groups is 1. The molecule has 1 aromatic carbocycles. The molecule has 1 N–H and O–H groups in total. The van der Waals surface area contributed by atoms with Gasteiger partial charge in [-0.15, -0.1) is 11.8 Å². The molecule has 0 saturated heterocycles. The van der Waals surface area contributed by atoms with Crippen LogP contribution < -0.4 is 0 Å². The third kappa shape index (κ3) is 5.68. The quantitative estimate of drug-likeness (QED) is 0.405. The standard InChI is InChI=1S/C27H32F3NO2S/c1-6-17-10-16(3)11-18(7-2)24(17)25-21(32)12-20(13-22(25)33)26(4,5)15-34-23-9-8-19(14-31-23)27(28,29)30/h8-11,14,20,32H,6-7,12-13,15H2,1-5H3. The summed E-state index contributed by atoms with van der Waals surface area (Å²) in [6, 6.07) is 6.59. The van der Waals surface area contributed by atoms with Gasteiger partial charge in [0.1, 0.15) is 5.76 Å². The highest BCUT2D eigenvalue weighted by Crippen LogP contribution is 2.44. The Kier molecular flexibility index (Phi) is 7.85. The zero-order valence-corrected chi connectivity index (χ0v) is 21.2. The molecular weight excluding hydrogens is 459 g/mol. The van der Waals surface area contributed by atoms with Crippen LogP contribution in [0.25, 0.3) is 5.57 Å². The van der Waals surface area contributed by atoms with Crippen LogP contribution in [0, 0.1) is 18.3 Å². The molecule has 1 aliphatic rings. The predicted molar refractivity (Wildman–Crippen MR) is 131 cm³/mol. The number of aliphatic hydroxyl groups is 1. The second-order valence-corrected chi connectivity index (χ2v) is 10.7. The molecule has 3 rings (SSSR count). The van der Waals surface area contributed by atoms with Crippen molar-refractivity contribution in [3.05, 3.63) is 64.0 Å². The smallest absolute Gasteiger partial charge is 0.417 e. The van der Waals surface area contributed by atoms with Crippen molar-refractivity contribution < 1.29 is 23.1 Å². The van der Waals surface area contributed by atoms with E-state index in [4.69, 9.17) is 0 Å². The van der Waals surface area contributed by atoms with Gasteiger partial charge < -0.3 is 5.11 Å². The molecular formula is C27H32F3NO2S. The van der Waals surface area contributed by atoms with E-state index in [1.165, 1.54) is 17.8 Å². The first kappa shape index (κ1) is 26.3. The average Bonchev–Trinajstić information content (AvgIpc) is 2.77. The summed E-state index contributed by atoms with van der Waals surface area (Å²) in [5, 5.41) is 11.6. The summed E-state index contributed by atoms with van der Waals surface area (Å²) in [6.45, 7) is 10.2. The number of aliphatic hydroxyl groups excluding tert-OH is 1. The van der Waals surface area contributed by atoms with Gasteiger partial charge in [-0.1, -0.05) is 45.4 Å². The molecule has 0 spiro atoms. The van der Waals surface area contributed by atoms with Crippen molar-refractivity contribution in [1.29, 1.82) is 0 Å². The van der Waals surface area contributed by atoms with Crippen LogP contribution in [0.4, 0.5) is 13.2 Å². The van der Waals surface area contributed by atoms with E-state index in [-0.39, 0.29) is 22.9 Å². The van der Waals surface area contributed by atoms with Gasteiger partial charge in [0.2, 0.25) is 0 Å². The average molecular weight is 492 g/mol. The molecule has 7 heteroatoms. The van der Waals surface area contributed by atoms with Gasteiger partial charge in [-0.25, -0.2) is 4.98 Å². The van der Waals surface area contributed by atoms with Crippen LogP contribution in [-0.2, 0) is 23.8 Å². The first-order valence-corrected chi connectivity index (χ1v) is 12.6. The first-order chi connectivity index (χ1) is 15.9. The van der Waals surface area contributed by atoms with E-state index in [1.54, 1.807) is 0 Å². The Balaban J connectivity index is 1.81. The van der Waals surface area contributed by atoms with Gasteiger partial charge in [0, 0.05) is 24.8 Å². The minimum absolute atomic E-state index is 0.0484. The van der Waals surface area contributed by atoms with Crippen molar-refractivity contribution in [3.63, 3.8) is 0 Å². The summed E-state index contributed by atoms with van der Waals surface area (Å²) in [7, 11) is 0. The van der Waals surface area contributed by atoms with Crippen molar-refractivity contribution in [2.24, 2.45) is 11.3 Å². The van der Waals surface area contributed by atoms with Crippen molar-refractivity contribution >= 4 is 23.1 Å². The largest absolute Gasteiger partial charge is 0.512 e. The lowest BCUT2D eigenvalue weighted by Crippen LogP contribution is -2.33. The normalized spacial score (nSPS) is 17.4. The minimum Gasteiger partial charge on any atom is -0.512 e. The van der Waals surface area contributed by atoms with Crippen LogP contribution >= 0.6 is 11.8 Å². The molecule has 3 nitrogen and oxygen atoms in total. The Morgan fingerprint density at radius 2 is 1.71 bits per heavy atom. The summed E-state index contributed by atoms with van der Waals surface area (Å²) in [5.74, 6) is 0.580. The molecule has 0 amide bonds. The fraction of sp³-hybridized carbons (Fsp3) is 0.481. The maximum atomic E-state index is 13.3. The fourth-order valence-electron chi connectivity index (χ4n) is 4.56. The molecule has 184 valence electrons. The van der Waals surface area contributed by atoms with Gasteiger partial charge in [-0.05, 0) is 59.9 Å². The van der Waals surface area contributed by atoms with Gasteiger partial charge in [0.05, 0.1) is 16.2 Å². The topological polar surface area (TPSA) is 50.2 Å². The number of halogens is 3. The lowest BCUT2D eigenvalue weighted by atomic mass is 9.70. The molecule has 34 heavy (non-hydrogen) atoms. The summed E-state index contributed by atoms with van der Waals surface area (Å²) < 4.78 is 38.3. The van der Waals surface area contributed by atoms with Crippen molar-refractivity contribution in [1.82, 2.24) is 4.98 Å². The number of hydrogen-bond donors (Lipinski definition) is 1. The number of ketones is 1. The van der Waals surface area contributed by atoms with E-state index in [2.05, 4.69) is 31.0 Å². The lowest BCUT2D eigenvalue weighted by Gasteiger charge is -2.37.